The van der Waals surface area contributed by atoms with Gasteiger partial charge in [-0.15, -0.1) is 0 Å². The second-order valence-corrected chi connectivity index (χ2v) is 4.07. The van der Waals surface area contributed by atoms with Crippen molar-refractivity contribution in [1.29, 1.82) is 0 Å². The summed E-state index contributed by atoms with van der Waals surface area (Å²) in [4.78, 5) is 23.9. The summed E-state index contributed by atoms with van der Waals surface area (Å²) in [6.45, 7) is 3.65. The molecule has 0 aromatic carbocycles. The van der Waals surface area contributed by atoms with Crippen LogP contribution in [0.4, 0.5) is 18.0 Å². The number of urea groups is 1. The fourth-order valence-electron chi connectivity index (χ4n) is 1.32. The van der Waals surface area contributed by atoms with E-state index in [4.69, 9.17) is 9.90 Å². The molecule has 1 rings (SSSR count). The molecule has 9 heteroatoms. The third-order valence-electron chi connectivity index (χ3n) is 2.24. The Morgan fingerprint density at radius 2 is 1.74 bits per heavy atom. The zero-order valence-corrected chi connectivity index (χ0v) is 10.8. The van der Waals surface area contributed by atoms with Crippen molar-refractivity contribution in [1.82, 2.24) is 15.1 Å². The Kier molecular flexibility index (Phi) is 7.20. The lowest BCUT2D eigenvalue weighted by atomic mass is 10.4. The minimum absolute atomic E-state index is 0.124. The molecule has 0 aliphatic carbocycles. The summed E-state index contributed by atoms with van der Waals surface area (Å²) >= 11 is 0. The Balaban J connectivity index is 0.000000399. The molecule has 0 aromatic heterocycles. The highest BCUT2D eigenvalue weighted by Crippen LogP contribution is 2.13. The Morgan fingerprint density at radius 1 is 1.21 bits per heavy atom. The zero-order chi connectivity index (χ0) is 15.1. The van der Waals surface area contributed by atoms with Crippen molar-refractivity contribution in [2.24, 2.45) is 0 Å². The van der Waals surface area contributed by atoms with Crippen LogP contribution in [0.15, 0.2) is 0 Å². The van der Waals surface area contributed by atoms with Crippen LogP contribution in [0.2, 0.25) is 0 Å². The van der Waals surface area contributed by atoms with Gasteiger partial charge in [-0.1, -0.05) is 0 Å². The van der Waals surface area contributed by atoms with Gasteiger partial charge in [0.25, 0.3) is 0 Å². The second-order valence-electron chi connectivity index (χ2n) is 4.07. The highest BCUT2D eigenvalue weighted by molar-refractivity contribution is 5.73. The molecule has 6 nitrogen and oxygen atoms in total. The number of nitrogens with one attached hydrogen (secondary N) is 1. The zero-order valence-electron chi connectivity index (χ0n) is 10.8. The van der Waals surface area contributed by atoms with Gasteiger partial charge in [-0.05, 0) is 13.0 Å². The van der Waals surface area contributed by atoms with E-state index in [9.17, 15) is 18.0 Å². The van der Waals surface area contributed by atoms with Gasteiger partial charge in [-0.2, -0.15) is 13.2 Å². The van der Waals surface area contributed by atoms with Crippen LogP contribution >= 0.6 is 0 Å². The highest BCUT2D eigenvalue weighted by atomic mass is 19.4. The smallest absolute Gasteiger partial charge is 0.475 e. The minimum Gasteiger partial charge on any atom is -0.475 e. The van der Waals surface area contributed by atoms with Crippen molar-refractivity contribution in [2.75, 3.05) is 40.3 Å². The number of carbonyl (C=O) groups excluding carboxylic acids is 1. The number of rotatable bonds is 0. The molecule has 0 radical (unpaired) electrons. The van der Waals surface area contributed by atoms with Gasteiger partial charge in [0.1, 0.15) is 0 Å². The molecule has 1 aliphatic heterocycles. The molecule has 1 heterocycles. The molecule has 1 aliphatic rings. The van der Waals surface area contributed by atoms with Crippen LogP contribution in [0, 0.1) is 0 Å². The molecule has 112 valence electrons. The number of amides is 2. The molecule has 2 N–H and O–H groups in total. The Bertz CT molecular complexity index is 300. The molecule has 0 bridgehead atoms. The van der Waals surface area contributed by atoms with E-state index in [-0.39, 0.29) is 6.03 Å². The van der Waals surface area contributed by atoms with Crippen LogP contribution < -0.4 is 5.32 Å². The third kappa shape index (κ3) is 7.50. The van der Waals surface area contributed by atoms with Crippen molar-refractivity contribution in [3.8, 4) is 0 Å². The van der Waals surface area contributed by atoms with Crippen molar-refractivity contribution < 1.29 is 27.9 Å². The average molecular weight is 285 g/mol. The number of aliphatic carboxylic acids is 1. The first-order chi connectivity index (χ1) is 8.66. The molecule has 0 atom stereocenters. The van der Waals surface area contributed by atoms with Crippen LogP contribution in [-0.2, 0) is 4.79 Å². The molecule has 0 saturated carbocycles. The first-order valence-electron chi connectivity index (χ1n) is 5.63. The third-order valence-corrected chi connectivity index (χ3v) is 2.24. The number of hydrogen-bond acceptors (Lipinski definition) is 3. The summed E-state index contributed by atoms with van der Waals surface area (Å²) in [5.74, 6) is -2.76. The van der Waals surface area contributed by atoms with Crippen molar-refractivity contribution >= 4 is 12.0 Å². The Morgan fingerprint density at radius 3 is 2.16 bits per heavy atom. The highest BCUT2D eigenvalue weighted by Gasteiger charge is 2.38. The van der Waals surface area contributed by atoms with Gasteiger partial charge in [0.05, 0.1) is 0 Å². The molecule has 1 saturated heterocycles. The van der Waals surface area contributed by atoms with Crippen molar-refractivity contribution in [2.45, 2.75) is 12.6 Å². The normalized spacial score (nSPS) is 15.9. The van der Waals surface area contributed by atoms with Gasteiger partial charge < -0.3 is 20.2 Å². The lowest BCUT2D eigenvalue weighted by molar-refractivity contribution is -0.192. The van der Waals surface area contributed by atoms with E-state index < -0.39 is 12.1 Å². The standard InChI is InChI=1S/C8H17N3O.C2HF3O2/c1-10(2)8(12)11-6-3-4-9-5-7-11;3-2(4,5)1(6)7/h9H,3-7H2,1-2H3;(H,6,7). The van der Waals surface area contributed by atoms with Gasteiger partial charge >= 0.3 is 18.2 Å². The number of carbonyl (C=O) groups is 2. The molecular formula is C10H18F3N3O3. The first kappa shape index (κ1) is 17.5. The Labute approximate surface area is 109 Å². The fourth-order valence-corrected chi connectivity index (χ4v) is 1.32. The van der Waals surface area contributed by atoms with E-state index in [0.29, 0.717) is 0 Å². The molecule has 19 heavy (non-hydrogen) atoms. The molecule has 1 fully saturated rings. The summed E-state index contributed by atoms with van der Waals surface area (Å²) in [7, 11) is 3.58. The summed E-state index contributed by atoms with van der Waals surface area (Å²) in [6, 6.07) is 0.124. The number of carboxylic acid groups (broad SMARTS) is 1. The summed E-state index contributed by atoms with van der Waals surface area (Å²) in [6.07, 6.45) is -4.03. The van der Waals surface area contributed by atoms with Crippen LogP contribution in [-0.4, -0.2) is 73.4 Å². The monoisotopic (exact) mass is 285 g/mol. The molecule has 0 spiro atoms. The average Bonchev–Trinajstić information content (AvgIpc) is 2.55. The van der Waals surface area contributed by atoms with Gasteiger partial charge in [-0.25, -0.2) is 9.59 Å². The van der Waals surface area contributed by atoms with E-state index in [1.165, 1.54) is 0 Å². The van der Waals surface area contributed by atoms with Crippen LogP contribution in [0.1, 0.15) is 6.42 Å². The van der Waals surface area contributed by atoms with Gasteiger partial charge in [-0.3, -0.25) is 0 Å². The van der Waals surface area contributed by atoms with E-state index in [1.54, 1.807) is 19.0 Å². The summed E-state index contributed by atoms with van der Waals surface area (Å²) in [5.41, 5.74) is 0. The number of alkyl halides is 3. The van der Waals surface area contributed by atoms with Crippen molar-refractivity contribution in [3.63, 3.8) is 0 Å². The summed E-state index contributed by atoms with van der Waals surface area (Å²) in [5, 5.41) is 10.4. The maximum atomic E-state index is 11.5. The molecule has 2 amide bonds. The number of halogens is 3. The topological polar surface area (TPSA) is 72.9 Å². The minimum atomic E-state index is -5.08. The first-order valence-corrected chi connectivity index (χ1v) is 5.63. The molecular weight excluding hydrogens is 267 g/mol. The van der Waals surface area contributed by atoms with Crippen LogP contribution in [0.3, 0.4) is 0 Å². The maximum Gasteiger partial charge on any atom is 0.490 e. The lowest BCUT2D eigenvalue weighted by Crippen LogP contribution is -2.41. The fraction of sp³-hybridized carbons (Fsp3) is 0.800. The Hall–Kier alpha value is -1.51. The van der Waals surface area contributed by atoms with E-state index in [0.717, 1.165) is 32.6 Å². The van der Waals surface area contributed by atoms with Gasteiger partial charge in [0, 0.05) is 33.7 Å². The SMILES string of the molecule is CN(C)C(=O)N1CCCNCC1.O=C(O)C(F)(F)F. The molecule has 0 aromatic rings. The second kappa shape index (κ2) is 7.82. The van der Waals surface area contributed by atoms with E-state index in [1.807, 2.05) is 4.90 Å². The van der Waals surface area contributed by atoms with Gasteiger partial charge in [0.2, 0.25) is 0 Å². The summed E-state index contributed by atoms with van der Waals surface area (Å²) < 4.78 is 31.7. The van der Waals surface area contributed by atoms with Crippen LogP contribution in [0.25, 0.3) is 0 Å². The van der Waals surface area contributed by atoms with Crippen LogP contribution in [0.5, 0.6) is 0 Å². The number of hydrogen-bond donors (Lipinski definition) is 2. The van der Waals surface area contributed by atoms with E-state index in [2.05, 4.69) is 5.32 Å². The van der Waals surface area contributed by atoms with Crippen molar-refractivity contribution in [3.05, 3.63) is 0 Å². The van der Waals surface area contributed by atoms with Gasteiger partial charge in [0.15, 0.2) is 0 Å². The van der Waals surface area contributed by atoms with E-state index >= 15 is 0 Å². The molecule has 0 unspecified atom stereocenters. The quantitative estimate of drug-likeness (QED) is 0.683. The maximum absolute atomic E-state index is 11.5. The predicted octanol–water partition coefficient (Wildman–Crippen LogP) is 0.597. The number of nitrogens with zero attached hydrogens (tertiary/aromatic N) is 2. The largest absolute Gasteiger partial charge is 0.490 e. The number of carboxylic acids is 1. The lowest BCUT2D eigenvalue weighted by Gasteiger charge is -2.23. The predicted molar refractivity (Wildman–Crippen MR) is 61.8 cm³/mol.